The molecule has 1 fully saturated rings. The van der Waals surface area contributed by atoms with Crippen LogP contribution >= 0.6 is 0 Å². The maximum absolute atomic E-state index is 13.1. The van der Waals surface area contributed by atoms with Crippen molar-refractivity contribution in [3.05, 3.63) is 41.0 Å². The van der Waals surface area contributed by atoms with Crippen LogP contribution in [0.2, 0.25) is 0 Å². The van der Waals surface area contributed by atoms with Crippen molar-refractivity contribution >= 4 is 33.8 Å². The average molecular weight is 397 g/mol. The van der Waals surface area contributed by atoms with E-state index in [9.17, 15) is 14.4 Å². The van der Waals surface area contributed by atoms with Crippen molar-refractivity contribution in [1.82, 2.24) is 24.1 Å². The largest absolute Gasteiger partial charge is 0.459 e. The van der Waals surface area contributed by atoms with Gasteiger partial charge in [0.2, 0.25) is 11.8 Å². The Morgan fingerprint density at radius 2 is 1.93 bits per heavy atom. The molecule has 0 aromatic carbocycles. The predicted octanol–water partition coefficient (Wildman–Crippen LogP) is 1.13. The second-order valence-electron chi connectivity index (χ2n) is 7.23. The van der Waals surface area contributed by atoms with Crippen LogP contribution in [0.25, 0.3) is 22.0 Å². The number of nitrogens with zero attached hydrogens (tertiary/aromatic N) is 5. The second-order valence-corrected chi connectivity index (χ2v) is 7.23. The van der Waals surface area contributed by atoms with Crippen LogP contribution in [0.5, 0.6) is 0 Å². The molecule has 152 valence electrons. The first kappa shape index (κ1) is 19.0. The topological polar surface area (TPSA) is 93.6 Å². The molecule has 4 rings (SSSR count). The number of piperazine rings is 1. The molecular weight excluding hydrogens is 374 g/mol. The van der Waals surface area contributed by atoms with E-state index in [0.29, 0.717) is 49.2 Å². The van der Waals surface area contributed by atoms with E-state index < -0.39 is 0 Å². The molecule has 0 unspecified atom stereocenters. The number of aromatic nitrogens is 3. The second kappa shape index (κ2) is 7.23. The van der Waals surface area contributed by atoms with Crippen molar-refractivity contribution in [1.29, 1.82) is 0 Å². The molecular formula is C20H23N5O4. The minimum absolute atomic E-state index is 0.00275. The molecule has 3 aromatic heterocycles. The number of furan rings is 1. The molecule has 1 aliphatic heterocycles. The van der Waals surface area contributed by atoms with Crippen molar-refractivity contribution in [3.63, 3.8) is 0 Å². The number of hydrogen-bond donors (Lipinski definition) is 0. The molecule has 1 saturated heterocycles. The smallest absolute Gasteiger partial charge is 0.291 e. The maximum Gasteiger partial charge on any atom is 0.291 e. The van der Waals surface area contributed by atoms with Gasteiger partial charge in [-0.3, -0.25) is 14.4 Å². The Labute approximate surface area is 166 Å². The van der Waals surface area contributed by atoms with Gasteiger partial charge in [-0.25, -0.2) is 4.68 Å². The van der Waals surface area contributed by atoms with Crippen molar-refractivity contribution in [2.75, 3.05) is 26.2 Å². The lowest BCUT2D eigenvalue weighted by molar-refractivity contribution is -0.139. The van der Waals surface area contributed by atoms with Crippen LogP contribution in [0.4, 0.5) is 0 Å². The number of carbonyl (C=O) groups is 2. The van der Waals surface area contributed by atoms with Gasteiger partial charge < -0.3 is 18.8 Å². The molecule has 29 heavy (non-hydrogen) atoms. The first-order valence-corrected chi connectivity index (χ1v) is 9.53. The van der Waals surface area contributed by atoms with Gasteiger partial charge in [-0.05, 0) is 6.92 Å². The van der Waals surface area contributed by atoms with Gasteiger partial charge in [0.1, 0.15) is 17.8 Å². The van der Waals surface area contributed by atoms with Crippen molar-refractivity contribution < 1.29 is 14.0 Å². The lowest BCUT2D eigenvalue weighted by Gasteiger charge is -2.34. The molecule has 3 aromatic rings. The van der Waals surface area contributed by atoms with E-state index in [1.165, 1.54) is 11.6 Å². The molecule has 2 amide bonds. The fourth-order valence-electron chi connectivity index (χ4n) is 3.85. The SMILES string of the molecule is C=CCn1c2cc(C)oc2c2cnn(CC(=O)N3CCN(C(C)=O)CC3)c(=O)c21. The number of aryl methyl sites for hydroxylation is 1. The van der Waals surface area contributed by atoms with Gasteiger partial charge in [0.05, 0.1) is 17.1 Å². The van der Waals surface area contributed by atoms with Gasteiger partial charge in [0.25, 0.3) is 5.56 Å². The number of amides is 2. The van der Waals surface area contributed by atoms with Crippen LogP contribution in [0, 0.1) is 6.92 Å². The van der Waals surface area contributed by atoms with E-state index in [-0.39, 0.29) is 23.9 Å². The van der Waals surface area contributed by atoms with Crippen molar-refractivity contribution in [2.24, 2.45) is 0 Å². The lowest BCUT2D eigenvalue weighted by Crippen LogP contribution is -2.51. The van der Waals surface area contributed by atoms with Crippen LogP contribution in [-0.4, -0.2) is 62.1 Å². The fourth-order valence-corrected chi connectivity index (χ4v) is 3.85. The Morgan fingerprint density at radius 3 is 2.59 bits per heavy atom. The van der Waals surface area contributed by atoms with E-state index >= 15 is 0 Å². The summed E-state index contributed by atoms with van der Waals surface area (Å²) in [4.78, 5) is 40.6. The van der Waals surface area contributed by atoms with Crippen LogP contribution < -0.4 is 5.56 Å². The van der Waals surface area contributed by atoms with Crippen LogP contribution in [0.1, 0.15) is 12.7 Å². The van der Waals surface area contributed by atoms with Gasteiger partial charge in [-0.15, -0.1) is 6.58 Å². The number of fused-ring (bicyclic) bond motifs is 3. The summed E-state index contributed by atoms with van der Waals surface area (Å²) in [5, 5.41) is 4.83. The molecule has 1 aliphatic rings. The molecule has 0 bridgehead atoms. The third-order valence-electron chi connectivity index (χ3n) is 5.33. The third kappa shape index (κ3) is 3.22. The van der Waals surface area contributed by atoms with Crippen LogP contribution in [-0.2, 0) is 22.7 Å². The number of allylic oxidation sites excluding steroid dienone is 1. The van der Waals surface area contributed by atoms with E-state index in [0.717, 1.165) is 11.3 Å². The summed E-state index contributed by atoms with van der Waals surface area (Å²) in [6.45, 7) is 9.35. The number of hydrogen-bond acceptors (Lipinski definition) is 5. The Hall–Kier alpha value is -3.36. The molecule has 9 nitrogen and oxygen atoms in total. The van der Waals surface area contributed by atoms with Crippen LogP contribution in [0.15, 0.2) is 34.1 Å². The summed E-state index contributed by atoms with van der Waals surface area (Å²) >= 11 is 0. The first-order valence-electron chi connectivity index (χ1n) is 9.53. The van der Waals surface area contributed by atoms with Gasteiger partial charge in [-0.1, -0.05) is 6.08 Å². The van der Waals surface area contributed by atoms with Gasteiger partial charge in [-0.2, -0.15) is 5.10 Å². The standard InChI is InChI=1S/C20H23N5O4/c1-4-5-24-16-10-13(2)29-19(16)15-11-21-25(20(28)18(15)24)12-17(27)23-8-6-22(7-9-23)14(3)26/h4,10-11H,1,5-9,12H2,2-3H3. The Bertz CT molecular complexity index is 1180. The Balaban J connectivity index is 1.65. The van der Waals surface area contributed by atoms with Gasteiger partial charge in [0.15, 0.2) is 5.58 Å². The first-order chi connectivity index (χ1) is 13.9. The normalized spacial score (nSPS) is 14.7. The summed E-state index contributed by atoms with van der Waals surface area (Å²) in [7, 11) is 0. The molecule has 0 aliphatic carbocycles. The predicted molar refractivity (Wildman–Crippen MR) is 108 cm³/mol. The Morgan fingerprint density at radius 1 is 1.24 bits per heavy atom. The minimum atomic E-state index is -0.343. The monoisotopic (exact) mass is 397 g/mol. The summed E-state index contributed by atoms with van der Waals surface area (Å²) in [5.74, 6) is 0.560. The number of carbonyl (C=O) groups excluding carboxylic acids is 2. The zero-order valence-corrected chi connectivity index (χ0v) is 16.6. The summed E-state index contributed by atoms with van der Waals surface area (Å²) < 4.78 is 8.78. The quantitative estimate of drug-likeness (QED) is 0.615. The zero-order valence-electron chi connectivity index (χ0n) is 16.6. The van der Waals surface area contributed by atoms with Crippen LogP contribution in [0.3, 0.4) is 0 Å². The van der Waals surface area contributed by atoms with Gasteiger partial charge >= 0.3 is 0 Å². The summed E-state index contributed by atoms with van der Waals surface area (Å²) in [5.41, 5.74) is 1.52. The fraction of sp³-hybridized carbons (Fsp3) is 0.400. The van der Waals surface area contributed by atoms with E-state index in [2.05, 4.69) is 11.7 Å². The van der Waals surface area contributed by atoms with Crippen molar-refractivity contribution in [3.8, 4) is 0 Å². The maximum atomic E-state index is 13.1. The summed E-state index contributed by atoms with van der Waals surface area (Å²) in [6.07, 6.45) is 3.29. The average Bonchev–Trinajstić information content (AvgIpc) is 3.21. The molecule has 0 saturated carbocycles. The highest BCUT2D eigenvalue weighted by molar-refractivity contribution is 6.04. The highest BCUT2D eigenvalue weighted by Gasteiger charge is 2.24. The Kier molecular flexibility index (Phi) is 4.73. The molecule has 0 N–H and O–H groups in total. The number of rotatable bonds is 4. The minimum Gasteiger partial charge on any atom is -0.459 e. The summed E-state index contributed by atoms with van der Waals surface area (Å²) in [6, 6.07) is 1.88. The molecule has 9 heteroatoms. The molecule has 0 radical (unpaired) electrons. The van der Waals surface area contributed by atoms with Gasteiger partial charge in [0, 0.05) is 45.7 Å². The molecule has 0 spiro atoms. The third-order valence-corrected chi connectivity index (χ3v) is 5.33. The molecule has 0 atom stereocenters. The highest BCUT2D eigenvalue weighted by Crippen LogP contribution is 2.29. The van der Waals surface area contributed by atoms with E-state index in [1.807, 2.05) is 17.6 Å². The lowest BCUT2D eigenvalue weighted by atomic mass is 10.3. The molecule has 4 heterocycles. The van der Waals surface area contributed by atoms with Crippen molar-refractivity contribution in [2.45, 2.75) is 26.9 Å². The zero-order chi connectivity index (χ0) is 20.7. The highest BCUT2D eigenvalue weighted by atomic mass is 16.3. The van der Waals surface area contributed by atoms with E-state index in [4.69, 9.17) is 4.42 Å². The van der Waals surface area contributed by atoms with E-state index in [1.54, 1.807) is 22.1 Å².